The number of hydrogen-bond donors (Lipinski definition) is 1. The quantitative estimate of drug-likeness (QED) is 0.542. The number of nitrogens with zero attached hydrogens (tertiary/aromatic N) is 1. The Morgan fingerprint density at radius 1 is 0.875 bits per heavy atom. The van der Waals surface area contributed by atoms with Crippen LogP contribution in [-0.4, -0.2) is 17.7 Å². The van der Waals surface area contributed by atoms with Gasteiger partial charge in [0.05, 0.1) is 16.2 Å². The molecule has 1 N–H and O–H groups in total. The molecule has 0 bridgehead atoms. The van der Waals surface area contributed by atoms with Crippen molar-refractivity contribution in [3.05, 3.63) is 94.4 Å². The summed E-state index contributed by atoms with van der Waals surface area (Å²) in [4.78, 5) is 41.0. The van der Waals surface area contributed by atoms with Crippen LogP contribution < -0.4 is 10.2 Å². The van der Waals surface area contributed by atoms with Crippen molar-refractivity contribution >= 4 is 46.4 Å². The number of anilines is 2. The first-order chi connectivity index (χ1) is 15.3. The molecule has 0 fully saturated rings. The Morgan fingerprint density at radius 2 is 1.56 bits per heavy atom. The molecule has 1 aliphatic rings. The summed E-state index contributed by atoms with van der Waals surface area (Å²) in [5.41, 5.74) is 4.03. The third-order valence-corrected chi connectivity index (χ3v) is 6.19. The first-order valence-electron chi connectivity index (χ1n) is 10.2. The lowest BCUT2D eigenvalue weighted by Gasteiger charge is -2.18. The van der Waals surface area contributed by atoms with Crippen LogP contribution in [0.3, 0.4) is 0 Å². The van der Waals surface area contributed by atoms with E-state index in [1.807, 2.05) is 62.4 Å². The second-order valence-electron chi connectivity index (χ2n) is 7.61. The summed E-state index contributed by atoms with van der Waals surface area (Å²) < 4.78 is 0. The molecule has 0 aliphatic carbocycles. The first kappa shape index (κ1) is 21.6. The summed E-state index contributed by atoms with van der Waals surface area (Å²) in [5.74, 6) is -0.863. The molecule has 4 rings (SSSR count). The van der Waals surface area contributed by atoms with Crippen LogP contribution in [0, 0.1) is 13.8 Å². The van der Waals surface area contributed by atoms with E-state index in [-0.39, 0.29) is 17.7 Å². The third kappa shape index (κ3) is 4.22. The van der Waals surface area contributed by atoms with Crippen molar-refractivity contribution in [3.63, 3.8) is 0 Å². The van der Waals surface area contributed by atoms with E-state index in [9.17, 15) is 14.4 Å². The third-order valence-electron chi connectivity index (χ3n) is 5.10. The summed E-state index contributed by atoms with van der Waals surface area (Å²) >= 11 is 1.29. The summed E-state index contributed by atoms with van der Waals surface area (Å²) in [6.07, 6.45) is 0. The number of benzene rings is 3. The van der Waals surface area contributed by atoms with Gasteiger partial charge in [0.15, 0.2) is 0 Å². The van der Waals surface area contributed by atoms with E-state index in [4.69, 9.17) is 0 Å². The molecule has 0 radical (unpaired) electrons. The molecule has 1 heterocycles. The van der Waals surface area contributed by atoms with Crippen molar-refractivity contribution in [1.82, 2.24) is 0 Å². The molecule has 0 atom stereocenters. The van der Waals surface area contributed by atoms with Gasteiger partial charge >= 0.3 is 0 Å². The Bertz CT molecular complexity index is 1250. The van der Waals surface area contributed by atoms with Crippen LogP contribution in [-0.2, 0) is 14.4 Å². The maximum absolute atomic E-state index is 13.6. The van der Waals surface area contributed by atoms with Crippen molar-refractivity contribution in [2.75, 3.05) is 10.2 Å². The fraction of sp³-hybridized carbons (Fsp3) is 0.115. The molecule has 0 spiro atoms. The van der Waals surface area contributed by atoms with E-state index in [1.165, 1.54) is 23.6 Å². The van der Waals surface area contributed by atoms with Gasteiger partial charge in [-0.3, -0.25) is 14.4 Å². The van der Waals surface area contributed by atoms with E-state index >= 15 is 0 Å². The van der Waals surface area contributed by atoms with Crippen LogP contribution in [0.5, 0.6) is 0 Å². The zero-order valence-electron chi connectivity index (χ0n) is 18.0. The second-order valence-corrected chi connectivity index (χ2v) is 8.70. The Balaban J connectivity index is 1.81. The highest BCUT2D eigenvalue weighted by molar-refractivity contribution is 8.04. The van der Waals surface area contributed by atoms with E-state index < -0.39 is 0 Å². The zero-order chi connectivity index (χ0) is 22.8. The van der Waals surface area contributed by atoms with Gasteiger partial charge in [-0.05, 0) is 60.9 Å². The molecule has 0 unspecified atom stereocenters. The van der Waals surface area contributed by atoms with Crippen molar-refractivity contribution in [1.29, 1.82) is 0 Å². The molecule has 3 aromatic carbocycles. The summed E-state index contributed by atoms with van der Waals surface area (Å²) in [7, 11) is 0. The first-order valence-corrected chi connectivity index (χ1v) is 11.0. The molecule has 3 aromatic rings. The number of nitrogens with one attached hydrogen (secondary N) is 1. The largest absolute Gasteiger partial charge is 0.326 e. The number of carbonyl (C=O) groups is 3. The lowest BCUT2D eigenvalue weighted by atomic mass is 10.1. The Labute approximate surface area is 191 Å². The topological polar surface area (TPSA) is 66.5 Å². The molecule has 5 nitrogen and oxygen atoms in total. The summed E-state index contributed by atoms with van der Waals surface area (Å²) in [6, 6.07) is 22.2. The summed E-state index contributed by atoms with van der Waals surface area (Å²) in [5, 5.41) is 2.72. The molecule has 32 heavy (non-hydrogen) atoms. The van der Waals surface area contributed by atoms with Crippen LogP contribution in [0.25, 0.3) is 5.57 Å². The van der Waals surface area contributed by atoms with Crippen molar-refractivity contribution in [2.24, 2.45) is 0 Å². The fourth-order valence-corrected chi connectivity index (χ4v) is 4.58. The molecule has 0 saturated carbocycles. The number of imide groups is 1. The maximum atomic E-state index is 13.6. The standard InChI is InChI=1S/C26H22N2O3S/c1-16-9-10-17(2)22(15-16)28-25(30)23(19-11-13-20(14-12-19)27-18(3)29)24(26(28)31)32-21-7-5-4-6-8-21/h4-15H,1-3H3,(H,27,29). The number of thioether (sulfide) groups is 1. The smallest absolute Gasteiger partial charge is 0.272 e. The van der Waals surface area contributed by atoms with Crippen LogP contribution in [0.15, 0.2) is 82.6 Å². The van der Waals surface area contributed by atoms with Gasteiger partial charge in [0, 0.05) is 17.5 Å². The van der Waals surface area contributed by atoms with Crippen molar-refractivity contribution in [2.45, 2.75) is 25.7 Å². The van der Waals surface area contributed by atoms with Crippen LogP contribution in [0.4, 0.5) is 11.4 Å². The minimum atomic E-state index is -0.352. The van der Waals surface area contributed by atoms with Crippen LogP contribution >= 0.6 is 11.8 Å². The monoisotopic (exact) mass is 442 g/mol. The molecule has 3 amide bonds. The van der Waals surface area contributed by atoms with Crippen LogP contribution in [0.1, 0.15) is 23.6 Å². The highest BCUT2D eigenvalue weighted by Gasteiger charge is 2.41. The summed E-state index contributed by atoms with van der Waals surface area (Å²) in [6.45, 7) is 5.26. The molecule has 0 saturated heterocycles. The van der Waals surface area contributed by atoms with Gasteiger partial charge in [0.25, 0.3) is 11.8 Å². The average Bonchev–Trinajstić information content (AvgIpc) is 3.00. The molecular weight excluding hydrogens is 420 g/mol. The predicted molar refractivity (Wildman–Crippen MR) is 128 cm³/mol. The average molecular weight is 443 g/mol. The molecule has 6 heteroatoms. The molecule has 160 valence electrons. The minimum Gasteiger partial charge on any atom is -0.326 e. The lowest BCUT2D eigenvalue weighted by Crippen LogP contribution is -2.32. The van der Waals surface area contributed by atoms with Crippen molar-refractivity contribution < 1.29 is 14.4 Å². The van der Waals surface area contributed by atoms with Crippen molar-refractivity contribution in [3.8, 4) is 0 Å². The normalized spacial score (nSPS) is 13.7. The second kappa shape index (κ2) is 8.85. The molecule has 1 aliphatic heterocycles. The van der Waals surface area contributed by atoms with E-state index in [1.54, 1.807) is 24.3 Å². The number of carbonyl (C=O) groups excluding carboxylic acids is 3. The maximum Gasteiger partial charge on any atom is 0.272 e. The van der Waals surface area contributed by atoms with E-state index in [0.29, 0.717) is 27.4 Å². The highest BCUT2D eigenvalue weighted by Crippen LogP contribution is 2.42. The van der Waals surface area contributed by atoms with Gasteiger partial charge in [0.2, 0.25) is 5.91 Å². The van der Waals surface area contributed by atoms with Gasteiger partial charge in [-0.1, -0.05) is 54.2 Å². The number of amides is 3. The highest BCUT2D eigenvalue weighted by atomic mass is 32.2. The number of rotatable bonds is 5. The Kier molecular flexibility index (Phi) is 5.97. The Hall–Kier alpha value is -3.64. The minimum absolute atomic E-state index is 0.175. The zero-order valence-corrected chi connectivity index (χ0v) is 18.8. The lowest BCUT2D eigenvalue weighted by molar-refractivity contribution is -0.120. The van der Waals surface area contributed by atoms with Crippen LogP contribution in [0.2, 0.25) is 0 Å². The van der Waals surface area contributed by atoms with Gasteiger partial charge in [-0.2, -0.15) is 0 Å². The van der Waals surface area contributed by atoms with Gasteiger partial charge < -0.3 is 5.32 Å². The van der Waals surface area contributed by atoms with Gasteiger partial charge in [-0.15, -0.1) is 0 Å². The van der Waals surface area contributed by atoms with E-state index in [0.717, 1.165) is 16.0 Å². The van der Waals surface area contributed by atoms with E-state index in [2.05, 4.69) is 5.32 Å². The number of hydrogen-bond acceptors (Lipinski definition) is 4. The Morgan fingerprint density at radius 3 is 2.22 bits per heavy atom. The SMILES string of the molecule is CC(=O)Nc1ccc(C2=C(Sc3ccccc3)C(=O)N(c3cc(C)ccc3C)C2=O)cc1. The number of aryl methyl sites for hydroxylation is 2. The molecular formula is C26H22N2O3S. The fourth-order valence-electron chi connectivity index (χ4n) is 3.57. The molecule has 0 aromatic heterocycles. The predicted octanol–water partition coefficient (Wildman–Crippen LogP) is 5.34. The van der Waals surface area contributed by atoms with Gasteiger partial charge in [0.1, 0.15) is 0 Å². The van der Waals surface area contributed by atoms with Gasteiger partial charge in [-0.25, -0.2) is 4.90 Å².